The van der Waals surface area contributed by atoms with Crippen LogP contribution in [-0.4, -0.2) is 47.7 Å². The SMILES string of the molecule is O=C(c1ccco1)N1CCO[C@@H]2CC(COCc3cccnc3)C[C@H]21. The summed E-state index contributed by atoms with van der Waals surface area (Å²) in [7, 11) is 0. The Labute approximate surface area is 146 Å². The van der Waals surface area contributed by atoms with E-state index in [1.54, 1.807) is 18.3 Å². The van der Waals surface area contributed by atoms with Crippen LogP contribution >= 0.6 is 0 Å². The molecule has 1 aliphatic heterocycles. The van der Waals surface area contributed by atoms with Gasteiger partial charge in [0.15, 0.2) is 5.76 Å². The minimum absolute atomic E-state index is 0.0415. The number of carbonyl (C=O) groups is 1. The van der Waals surface area contributed by atoms with Crippen LogP contribution < -0.4 is 0 Å². The van der Waals surface area contributed by atoms with Gasteiger partial charge in [0, 0.05) is 18.9 Å². The zero-order chi connectivity index (χ0) is 17.1. The molecule has 1 saturated carbocycles. The molecule has 0 aromatic carbocycles. The quantitative estimate of drug-likeness (QED) is 0.835. The lowest BCUT2D eigenvalue weighted by atomic mass is 10.1. The number of hydrogen-bond donors (Lipinski definition) is 0. The van der Waals surface area contributed by atoms with Gasteiger partial charge in [-0.15, -0.1) is 0 Å². The average Bonchev–Trinajstić information content (AvgIpc) is 3.31. The highest BCUT2D eigenvalue weighted by Crippen LogP contribution is 2.35. The molecule has 2 aromatic rings. The van der Waals surface area contributed by atoms with Crippen LogP contribution in [0.4, 0.5) is 0 Å². The first-order valence-electron chi connectivity index (χ1n) is 8.74. The van der Waals surface area contributed by atoms with Gasteiger partial charge in [-0.2, -0.15) is 0 Å². The van der Waals surface area contributed by atoms with Gasteiger partial charge in [0.25, 0.3) is 5.91 Å². The van der Waals surface area contributed by atoms with Gasteiger partial charge in [0.1, 0.15) is 0 Å². The van der Waals surface area contributed by atoms with E-state index in [9.17, 15) is 4.79 Å². The Morgan fingerprint density at radius 3 is 3.08 bits per heavy atom. The van der Waals surface area contributed by atoms with Gasteiger partial charge in [0.2, 0.25) is 0 Å². The van der Waals surface area contributed by atoms with E-state index in [0.29, 0.717) is 38.0 Å². The second kappa shape index (κ2) is 7.37. The van der Waals surface area contributed by atoms with Crippen molar-refractivity contribution in [2.24, 2.45) is 5.92 Å². The molecule has 25 heavy (non-hydrogen) atoms. The average molecular weight is 342 g/mol. The summed E-state index contributed by atoms with van der Waals surface area (Å²) in [5.41, 5.74) is 1.07. The third-order valence-electron chi connectivity index (χ3n) is 4.97. The fourth-order valence-electron chi connectivity index (χ4n) is 3.81. The third kappa shape index (κ3) is 3.60. The van der Waals surface area contributed by atoms with Gasteiger partial charge in [0.05, 0.1) is 38.2 Å². The van der Waals surface area contributed by atoms with Crippen molar-refractivity contribution in [2.75, 3.05) is 19.8 Å². The molecule has 2 fully saturated rings. The Morgan fingerprint density at radius 2 is 2.28 bits per heavy atom. The first kappa shape index (κ1) is 16.3. The van der Waals surface area contributed by atoms with Crippen molar-refractivity contribution >= 4 is 5.91 Å². The van der Waals surface area contributed by atoms with Gasteiger partial charge < -0.3 is 18.8 Å². The van der Waals surface area contributed by atoms with Crippen LogP contribution in [0, 0.1) is 5.92 Å². The van der Waals surface area contributed by atoms with Crippen molar-refractivity contribution in [1.29, 1.82) is 0 Å². The fourth-order valence-corrected chi connectivity index (χ4v) is 3.81. The second-order valence-electron chi connectivity index (χ2n) is 6.67. The molecular formula is C19H22N2O4. The Hall–Kier alpha value is -2.18. The zero-order valence-corrected chi connectivity index (χ0v) is 14.0. The number of amides is 1. The monoisotopic (exact) mass is 342 g/mol. The van der Waals surface area contributed by atoms with Crippen molar-refractivity contribution < 1.29 is 18.7 Å². The summed E-state index contributed by atoms with van der Waals surface area (Å²) in [5.74, 6) is 0.758. The van der Waals surface area contributed by atoms with Crippen LogP contribution in [0.15, 0.2) is 47.3 Å². The van der Waals surface area contributed by atoms with E-state index in [-0.39, 0.29) is 18.1 Å². The number of ether oxygens (including phenoxy) is 2. The number of fused-ring (bicyclic) bond motifs is 1. The van der Waals surface area contributed by atoms with E-state index < -0.39 is 0 Å². The van der Waals surface area contributed by atoms with Gasteiger partial charge >= 0.3 is 0 Å². The van der Waals surface area contributed by atoms with Crippen LogP contribution in [0.1, 0.15) is 29.0 Å². The summed E-state index contributed by atoms with van der Waals surface area (Å²) in [6.45, 7) is 2.43. The molecule has 2 aromatic heterocycles. The van der Waals surface area contributed by atoms with E-state index in [2.05, 4.69) is 4.98 Å². The largest absolute Gasteiger partial charge is 0.459 e. The summed E-state index contributed by atoms with van der Waals surface area (Å²) >= 11 is 0. The molecule has 1 unspecified atom stereocenters. The summed E-state index contributed by atoms with van der Waals surface area (Å²) in [5, 5.41) is 0. The first-order valence-corrected chi connectivity index (χ1v) is 8.74. The number of morpholine rings is 1. The van der Waals surface area contributed by atoms with Crippen LogP contribution in [0.5, 0.6) is 0 Å². The Bertz CT molecular complexity index is 689. The number of aromatic nitrogens is 1. The predicted molar refractivity (Wildman–Crippen MR) is 89.9 cm³/mol. The van der Waals surface area contributed by atoms with Crippen LogP contribution in [-0.2, 0) is 16.1 Å². The molecule has 3 atom stereocenters. The molecule has 1 saturated heterocycles. The molecule has 0 N–H and O–H groups in total. The molecule has 4 rings (SSSR count). The lowest BCUT2D eigenvalue weighted by Crippen LogP contribution is -2.51. The molecule has 6 nitrogen and oxygen atoms in total. The lowest BCUT2D eigenvalue weighted by Gasteiger charge is -2.37. The highest BCUT2D eigenvalue weighted by Gasteiger charge is 2.43. The summed E-state index contributed by atoms with van der Waals surface area (Å²) in [6, 6.07) is 7.49. The minimum atomic E-state index is -0.0415. The topological polar surface area (TPSA) is 64.8 Å². The molecule has 1 amide bonds. The van der Waals surface area contributed by atoms with Crippen LogP contribution in [0.25, 0.3) is 0 Å². The fraction of sp³-hybridized carbons (Fsp3) is 0.474. The molecule has 3 heterocycles. The molecule has 0 radical (unpaired) electrons. The summed E-state index contributed by atoms with van der Waals surface area (Å²) in [6.07, 6.45) is 7.05. The number of furan rings is 1. The minimum Gasteiger partial charge on any atom is -0.459 e. The van der Waals surface area contributed by atoms with Crippen LogP contribution in [0.2, 0.25) is 0 Å². The number of hydrogen-bond acceptors (Lipinski definition) is 5. The molecule has 132 valence electrons. The Morgan fingerprint density at radius 1 is 1.32 bits per heavy atom. The van der Waals surface area contributed by atoms with Crippen molar-refractivity contribution in [1.82, 2.24) is 9.88 Å². The molecule has 1 aliphatic carbocycles. The number of carbonyl (C=O) groups excluding carboxylic acids is 1. The second-order valence-corrected chi connectivity index (χ2v) is 6.67. The van der Waals surface area contributed by atoms with Gasteiger partial charge in [-0.3, -0.25) is 9.78 Å². The maximum absolute atomic E-state index is 12.6. The lowest BCUT2D eigenvalue weighted by molar-refractivity contribution is -0.0459. The van der Waals surface area contributed by atoms with Crippen molar-refractivity contribution in [3.05, 3.63) is 54.2 Å². The first-order chi connectivity index (χ1) is 12.3. The van der Waals surface area contributed by atoms with Gasteiger partial charge in [-0.05, 0) is 42.5 Å². The number of nitrogens with zero attached hydrogens (tertiary/aromatic N) is 2. The predicted octanol–water partition coefficient (Wildman–Crippen LogP) is 2.51. The summed E-state index contributed by atoms with van der Waals surface area (Å²) < 4.78 is 17.0. The number of rotatable bonds is 5. The normalized spacial score (nSPS) is 25.8. The van der Waals surface area contributed by atoms with E-state index >= 15 is 0 Å². The van der Waals surface area contributed by atoms with E-state index in [1.807, 2.05) is 23.2 Å². The highest BCUT2D eigenvalue weighted by atomic mass is 16.5. The molecule has 6 heteroatoms. The number of pyridine rings is 1. The third-order valence-corrected chi connectivity index (χ3v) is 4.97. The highest BCUT2D eigenvalue weighted by molar-refractivity contribution is 5.91. The smallest absolute Gasteiger partial charge is 0.289 e. The Kier molecular flexibility index (Phi) is 4.81. The van der Waals surface area contributed by atoms with Crippen molar-refractivity contribution in [3.8, 4) is 0 Å². The van der Waals surface area contributed by atoms with Gasteiger partial charge in [-0.25, -0.2) is 0 Å². The van der Waals surface area contributed by atoms with Gasteiger partial charge in [-0.1, -0.05) is 6.07 Å². The van der Waals surface area contributed by atoms with Crippen molar-refractivity contribution in [2.45, 2.75) is 31.6 Å². The molecule has 0 bridgehead atoms. The van der Waals surface area contributed by atoms with E-state index in [0.717, 1.165) is 18.4 Å². The maximum atomic E-state index is 12.6. The standard InChI is InChI=1S/C19H22N2O4/c22-19(17-4-2-7-24-17)21-6-8-25-18-10-15(9-16(18)21)13-23-12-14-3-1-5-20-11-14/h1-5,7,11,15-16,18H,6,8-10,12-13H2/t15?,16-,18-/m1/s1. The van der Waals surface area contributed by atoms with E-state index in [4.69, 9.17) is 13.9 Å². The zero-order valence-electron chi connectivity index (χ0n) is 14.0. The molecule has 0 spiro atoms. The Balaban J connectivity index is 1.33. The van der Waals surface area contributed by atoms with Crippen LogP contribution in [0.3, 0.4) is 0 Å². The van der Waals surface area contributed by atoms with Crippen molar-refractivity contribution in [3.63, 3.8) is 0 Å². The summed E-state index contributed by atoms with van der Waals surface area (Å²) in [4.78, 5) is 18.7. The molecule has 2 aliphatic rings. The van der Waals surface area contributed by atoms with E-state index in [1.165, 1.54) is 6.26 Å². The molecular weight excluding hydrogens is 320 g/mol. The maximum Gasteiger partial charge on any atom is 0.289 e.